The maximum Gasteiger partial charge on any atom is 0.471 e. The molecule has 0 saturated heterocycles. The van der Waals surface area contributed by atoms with Crippen LogP contribution in [0.1, 0.15) is 33.7 Å². The minimum Gasteiger partial charge on any atom is -0.505 e. The number of ether oxygens (including phenoxy) is 3. The van der Waals surface area contributed by atoms with E-state index in [1.807, 2.05) is 0 Å². The number of benzene rings is 4. The normalized spacial score (nSPS) is 12.6. The standard InChI is InChI=1S/C31H24F5NO6/c1-15-3-5-17(29-19-11-21(32)23(38)13-27(19)43-28-14-24(39)22(33)12-20(28)29)9-25(15)41-7-8-42-26-10-18(6-4-16(26)2)37-30(40)31(34,35)36/h3-6,9-14,29,38-39H,7-8H2,1-2H3,(H,37,40). The molecule has 0 radical (unpaired) electrons. The highest BCUT2D eigenvalue weighted by molar-refractivity contribution is 5.95. The van der Waals surface area contributed by atoms with Crippen LogP contribution in [0.25, 0.3) is 0 Å². The van der Waals surface area contributed by atoms with E-state index in [4.69, 9.17) is 14.2 Å². The van der Waals surface area contributed by atoms with Crippen molar-refractivity contribution < 1.29 is 51.2 Å². The molecule has 7 nitrogen and oxygen atoms in total. The number of halogens is 5. The summed E-state index contributed by atoms with van der Waals surface area (Å²) in [5.74, 6) is -4.98. The van der Waals surface area contributed by atoms with Gasteiger partial charge in [-0.3, -0.25) is 4.79 Å². The van der Waals surface area contributed by atoms with E-state index in [1.165, 1.54) is 18.2 Å². The van der Waals surface area contributed by atoms with Crippen LogP contribution >= 0.6 is 0 Å². The fourth-order valence-electron chi connectivity index (χ4n) is 4.68. The maximum atomic E-state index is 14.4. The number of fused-ring (bicyclic) bond motifs is 2. The van der Waals surface area contributed by atoms with E-state index < -0.39 is 41.1 Å². The summed E-state index contributed by atoms with van der Waals surface area (Å²) in [7, 11) is 0. The monoisotopic (exact) mass is 601 g/mol. The smallest absolute Gasteiger partial charge is 0.471 e. The molecule has 3 N–H and O–H groups in total. The summed E-state index contributed by atoms with van der Waals surface area (Å²) in [4.78, 5) is 11.3. The number of phenols is 2. The van der Waals surface area contributed by atoms with Gasteiger partial charge in [-0.15, -0.1) is 0 Å². The zero-order valence-electron chi connectivity index (χ0n) is 22.7. The zero-order valence-corrected chi connectivity index (χ0v) is 22.7. The molecule has 0 spiro atoms. The summed E-state index contributed by atoms with van der Waals surface area (Å²) in [5.41, 5.74) is 2.48. The lowest BCUT2D eigenvalue weighted by Crippen LogP contribution is -2.29. The summed E-state index contributed by atoms with van der Waals surface area (Å²) in [6.07, 6.45) is -5.03. The summed E-state index contributed by atoms with van der Waals surface area (Å²) >= 11 is 0. The van der Waals surface area contributed by atoms with Crippen LogP contribution in [0, 0.1) is 25.5 Å². The van der Waals surface area contributed by atoms with Crippen molar-refractivity contribution >= 4 is 11.6 Å². The predicted molar refractivity (Wildman–Crippen MR) is 145 cm³/mol. The van der Waals surface area contributed by atoms with Crippen LogP contribution in [0.5, 0.6) is 34.5 Å². The number of carbonyl (C=O) groups excluding carboxylic acids is 1. The fraction of sp³-hybridized carbons (Fsp3) is 0.194. The lowest BCUT2D eigenvalue weighted by molar-refractivity contribution is -0.167. The van der Waals surface area contributed by atoms with Gasteiger partial charge in [-0.25, -0.2) is 8.78 Å². The minimum atomic E-state index is -5.03. The van der Waals surface area contributed by atoms with E-state index in [0.29, 0.717) is 28.0 Å². The summed E-state index contributed by atoms with van der Waals surface area (Å²) in [6.45, 7) is 3.50. The van der Waals surface area contributed by atoms with Gasteiger partial charge < -0.3 is 29.7 Å². The largest absolute Gasteiger partial charge is 0.505 e. The van der Waals surface area contributed by atoms with E-state index >= 15 is 0 Å². The van der Waals surface area contributed by atoms with Crippen molar-refractivity contribution in [2.24, 2.45) is 0 Å². The lowest BCUT2D eigenvalue weighted by atomic mass is 9.82. The first-order chi connectivity index (χ1) is 20.3. The molecule has 0 aromatic heterocycles. The molecule has 1 amide bonds. The third kappa shape index (κ3) is 6.13. The Bertz CT molecular complexity index is 1660. The average Bonchev–Trinajstić information content (AvgIpc) is 2.94. The molecular formula is C31H24F5NO6. The number of nitrogens with one attached hydrogen (secondary N) is 1. The third-order valence-electron chi connectivity index (χ3n) is 6.85. The fourth-order valence-corrected chi connectivity index (χ4v) is 4.68. The van der Waals surface area contributed by atoms with Crippen LogP contribution in [-0.4, -0.2) is 35.5 Å². The Morgan fingerprint density at radius 3 is 1.86 bits per heavy atom. The second-order valence-corrected chi connectivity index (χ2v) is 9.87. The SMILES string of the molecule is Cc1ccc(NC(=O)C(F)(F)F)cc1OCCOc1cc(C2c3cc(F)c(O)cc3Oc3cc(O)c(F)cc32)ccc1C. The number of anilines is 1. The zero-order chi connectivity index (χ0) is 31.1. The molecule has 12 heteroatoms. The van der Waals surface area contributed by atoms with Crippen LogP contribution in [0.4, 0.5) is 27.6 Å². The number of aromatic hydroxyl groups is 2. The van der Waals surface area contributed by atoms with Crippen molar-refractivity contribution in [3.05, 3.63) is 100 Å². The number of phenolic OH excluding ortho intramolecular Hbond substituents is 2. The summed E-state index contributed by atoms with van der Waals surface area (Å²) in [5, 5.41) is 21.6. The molecule has 0 unspecified atom stereocenters. The van der Waals surface area contributed by atoms with Gasteiger partial charge in [-0.2, -0.15) is 13.2 Å². The van der Waals surface area contributed by atoms with Crippen LogP contribution < -0.4 is 19.5 Å². The first-order valence-electron chi connectivity index (χ1n) is 12.9. The first kappa shape index (κ1) is 29.5. The van der Waals surface area contributed by atoms with Crippen LogP contribution in [-0.2, 0) is 4.79 Å². The Labute approximate surface area is 242 Å². The average molecular weight is 602 g/mol. The van der Waals surface area contributed by atoms with E-state index in [2.05, 4.69) is 0 Å². The van der Waals surface area contributed by atoms with Gasteiger partial charge >= 0.3 is 12.1 Å². The third-order valence-corrected chi connectivity index (χ3v) is 6.85. The topological polar surface area (TPSA) is 97.3 Å². The van der Waals surface area contributed by atoms with Gasteiger partial charge in [-0.05, 0) is 54.8 Å². The molecule has 0 bridgehead atoms. The van der Waals surface area contributed by atoms with Gasteiger partial charge in [0.2, 0.25) is 0 Å². The molecule has 0 saturated carbocycles. The van der Waals surface area contributed by atoms with Crippen molar-refractivity contribution in [1.82, 2.24) is 0 Å². The Hall–Kier alpha value is -5.00. The van der Waals surface area contributed by atoms with Crippen LogP contribution in [0.3, 0.4) is 0 Å². The quantitative estimate of drug-likeness (QED) is 0.135. The molecule has 0 atom stereocenters. The number of amides is 1. The molecule has 4 aromatic rings. The van der Waals surface area contributed by atoms with Crippen LogP contribution in [0.2, 0.25) is 0 Å². The van der Waals surface area contributed by atoms with Gasteiger partial charge in [0.25, 0.3) is 0 Å². The minimum absolute atomic E-state index is 0.000903. The van der Waals surface area contributed by atoms with Gasteiger partial charge in [0.05, 0.1) is 0 Å². The van der Waals surface area contributed by atoms with Gasteiger partial charge in [0.15, 0.2) is 23.1 Å². The van der Waals surface area contributed by atoms with Crippen molar-refractivity contribution in [3.8, 4) is 34.5 Å². The van der Waals surface area contributed by atoms with E-state index in [0.717, 1.165) is 29.8 Å². The van der Waals surface area contributed by atoms with Gasteiger partial charge in [0, 0.05) is 40.9 Å². The second-order valence-electron chi connectivity index (χ2n) is 9.87. The first-order valence-corrected chi connectivity index (χ1v) is 12.9. The summed E-state index contributed by atoms with van der Waals surface area (Å²) in [6, 6.07) is 13.7. The Morgan fingerprint density at radius 2 is 1.33 bits per heavy atom. The van der Waals surface area contributed by atoms with E-state index in [9.17, 15) is 37.0 Å². The van der Waals surface area contributed by atoms with Crippen molar-refractivity contribution in [3.63, 3.8) is 0 Å². The van der Waals surface area contributed by atoms with Gasteiger partial charge in [0.1, 0.15) is 36.2 Å². The van der Waals surface area contributed by atoms with Gasteiger partial charge in [-0.1, -0.05) is 18.2 Å². The predicted octanol–water partition coefficient (Wildman–Crippen LogP) is 7.24. The van der Waals surface area contributed by atoms with E-state index in [-0.39, 0.29) is 36.1 Å². The molecular weight excluding hydrogens is 577 g/mol. The Balaban J connectivity index is 1.36. The Morgan fingerprint density at radius 1 is 0.814 bits per heavy atom. The number of rotatable bonds is 7. The number of aryl methyl sites for hydroxylation is 2. The highest BCUT2D eigenvalue weighted by Crippen LogP contribution is 2.50. The maximum absolute atomic E-state index is 14.4. The molecule has 224 valence electrons. The van der Waals surface area contributed by atoms with Crippen LogP contribution in [0.15, 0.2) is 60.7 Å². The number of carbonyl (C=O) groups is 1. The highest BCUT2D eigenvalue weighted by atomic mass is 19.4. The molecule has 1 aliphatic rings. The molecule has 1 heterocycles. The summed E-state index contributed by atoms with van der Waals surface area (Å²) < 4.78 is 84.1. The van der Waals surface area contributed by atoms with E-state index in [1.54, 1.807) is 37.4 Å². The molecule has 43 heavy (non-hydrogen) atoms. The van der Waals surface area contributed by atoms with Crippen molar-refractivity contribution in [2.45, 2.75) is 25.9 Å². The molecule has 0 fully saturated rings. The van der Waals surface area contributed by atoms with Crippen molar-refractivity contribution in [2.75, 3.05) is 18.5 Å². The lowest BCUT2D eigenvalue weighted by Gasteiger charge is -2.29. The molecule has 4 aromatic carbocycles. The van der Waals surface area contributed by atoms with Crippen molar-refractivity contribution in [1.29, 1.82) is 0 Å². The number of hydrogen-bond acceptors (Lipinski definition) is 6. The highest BCUT2D eigenvalue weighted by Gasteiger charge is 2.38. The second kappa shape index (κ2) is 11.3. The Kier molecular flexibility index (Phi) is 7.78. The molecule has 1 aliphatic heterocycles. The number of hydrogen-bond donors (Lipinski definition) is 3. The number of alkyl halides is 3. The molecule has 0 aliphatic carbocycles. The molecule has 5 rings (SSSR count).